The van der Waals surface area contributed by atoms with Crippen molar-refractivity contribution in [3.05, 3.63) is 60.2 Å². The second-order valence-electron chi connectivity index (χ2n) is 4.36. The van der Waals surface area contributed by atoms with Crippen LogP contribution >= 0.6 is 0 Å². The fourth-order valence-corrected chi connectivity index (χ4v) is 1.67. The molecule has 0 aliphatic carbocycles. The first-order chi connectivity index (χ1) is 9.65. The van der Waals surface area contributed by atoms with Gasteiger partial charge < -0.3 is 9.64 Å². The molecule has 2 aromatic rings. The van der Waals surface area contributed by atoms with Crippen LogP contribution in [-0.4, -0.2) is 29.4 Å². The Morgan fingerprint density at radius 1 is 1.35 bits per heavy atom. The van der Waals surface area contributed by atoms with Crippen molar-refractivity contribution in [1.82, 2.24) is 9.88 Å². The molecule has 1 aromatic carbocycles. The summed E-state index contributed by atoms with van der Waals surface area (Å²) in [6.07, 6.45) is 3.38. The molecule has 0 spiro atoms. The molecule has 0 bridgehead atoms. The zero-order valence-corrected chi connectivity index (χ0v) is 11.1. The summed E-state index contributed by atoms with van der Waals surface area (Å²) < 4.78 is 18.2. The van der Waals surface area contributed by atoms with Gasteiger partial charge in [-0.2, -0.15) is 0 Å². The number of pyridine rings is 1. The molecule has 4 nitrogen and oxygen atoms in total. The van der Waals surface area contributed by atoms with Crippen molar-refractivity contribution in [2.75, 3.05) is 13.7 Å². The van der Waals surface area contributed by atoms with Gasteiger partial charge in [0.1, 0.15) is 11.6 Å². The molecule has 2 rings (SSSR count). The van der Waals surface area contributed by atoms with E-state index >= 15 is 0 Å². The highest BCUT2D eigenvalue weighted by molar-refractivity contribution is 5.77. The average molecular weight is 274 g/mol. The van der Waals surface area contributed by atoms with Gasteiger partial charge in [0.2, 0.25) is 0 Å². The number of hydrogen-bond acceptors (Lipinski definition) is 3. The van der Waals surface area contributed by atoms with E-state index in [1.807, 2.05) is 12.1 Å². The van der Waals surface area contributed by atoms with Crippen molar-refractivity contribution < 1.29 is 13.9 Å². The summed E-state index contributed by atoms with van der Waals surface area (Å²) >= 11 is 0. The lowest BCUT2D eigenvalue weighted by Crippen LogP contribution is -2.31. The Kier molecular flexibility index (Phi) is 4.65. The smallest absolute Gasteiger partial charge is 0.260 e. The van der Waals surface area contributed by atoms with Crippen LogP contribution in [0, 0.1) is 5.82 Å². The topological polar surface area (TPSA) is 42.4 Å². The molecule has 1 aromatic heterocycles. The van der Waals surface area contributed by atoms with E-state index in [1.165, 1.54) is 23.1 Å². The van der Waals surface area contributed by atoms with Gasteiger partial charge in [-0.1, -0.05) is 12.1 Å². The third-order valence-corrected chi connectivity index (χ3v) is 2.73. The number of ether oxygens (including phenoxy) is 1. The van der Waals surface area contributed by atoms with Gasteiger partial charge in [0.15, 0.2) is 6.61 Å². The van der Waals surface area contributed by atoms with Crippen LogP contribution in [0.15, 0.2) is 48.8 Å². The summed E-state index contributed by atoms with van der Waals surface area (Å²) in [4.78, 5) is 17.4. The Bertz CT molecular complexity index is 575. The van der Waals surface area contributed by atoms with Crippen molar-refractivity contribution in [3.63, 3.8) is 0 Å². The number of likely N-dealkylation sites (N-methyl/N-ethyl adjacent to an activating group) is 1. The van der Waals surface area contributed by atoms with Crippen molar-refractivity contribution in [1.29, 1.82) is 0 Å². The van der Waals surface area contributed by atoms with E-state index in [0.717, 1.165) is 5.56 Å². The van der Waals surface area contributed by atoms with Crippen molar-refractivity contribution in [2.45, 2.75) is 6.54 Å². The number of halogens is 1. The van der Waals surface area contributed by atoms with E-state index in [1.54, 1.807) is 25.5 Å². The van der Waals surface area contributed by atoms with E-state index in [-0.39, 0.29) is 12.5 Å². The lowest BCUT2D eigenvalue weighted by atomic mass is 10.3. The molecular weight excluding hydrogens is 259 g/mol. The molecule has 0 aliphatic heterocycles. The summed E-state index contributed by atoms with van der Waals surface area (Å²) in [6, 6.07) is 9.42. The molecule has 1 heterocycles. The van der Waals surface area contributed by atoms with Crippen LogP contribution in [0.25, 0.3) is 0 Å². The fourth-order valence-electron chi connectivity index (χ4n) is 1.67. The zero-order chi connectivity index (χ0) is 14.4. The lowest BCUT2D eigenvalue weighted by Gasteiger charge is -2.17. The van der Waals surface area contributed by atoms with E-state index in [0.29, 0.717) is 12.3 Å². The number of carbonyl (C=O) groups excluding carboxylic acids is 1. The number of rotatable bonds is 5. The van der Waals surface area contributed by atoms with Gasteiger partial charge in [-0.3, -0.25) is 9.78 Å². The Balaban J connectivity index is 1.85. The maximum Gasteiger partial charge on any atom is 0.260 e. The normalized spacial score (nSPS) is 10.1. The quantitative estimate of drug-likeness (QED) is 0.840. The van der Waals surface area contributed by atoms with E-state index in [2.05, 4.69) is 4.98 Å². The van der Waals surface area contributed by atoms with E-state index < -0.39 is 5.82 Å². The summed E-state index contributed by atoms with van der Waals surface area (Å²) in [5.41, 5.74) is 0.939. The van der Waals surface area contributed by atoms with Gasteiger partial charge in [0.05, 0.1) is 0 Å². The van der Waals surface area contributed by atoms with Crippen LogP contribution < -0.4 is 4.74 Å². The molecule has 5 heteroatoms. The summed E-state index contributed by atoms with van der Waals surface area (Å²) in [5, 5.41) is 0. The molecule has 0 saturated heterocycles. The molecule has 0 atom stereocenters. The fraction of sp³-hybridized carbons (Fsp3) is 0.200. The van der Waals surface area contributed by atoms with Crippen LogP contribution in [0.5, 0.6) is 5.75 Å². The Morgan fingerprint density at radius 3 is 2.90 bits per heavy atom. The maximum absolute atomic E-state index is 13.0. The number of benzene rings is 1. The predicted octanol–water partition coefficient (Wildman–Crippen LogP) is 2.26. The van der Waals surface area contributed by atoms with Crippen LogP contribution in [0.1, 0.15) is 5.56 Å². The highest BCUT2D eigenvalue weighted by Crippen LogP contribution is 2.12. The van der Waals surface area contributed by atoms with Gasteiger partial charge in [0.25, 0.3) is 5.91 Å². The average Bonchev–Trinajstić information content (AvgIpc) is 2.46. The third-order valence-electron chi connectivity index (χ3n) is 2.73. The summed E-state index contributed by atoms with van der Waals surface area (Å²) in [6.45, 7) is 0.333. The number of carbonyl (C=O) groups is 1. The Labute approximate surface area is 116 Å². The van der Waals surface area contributed by atoms with E-state index in [9.17, 15) is 9.18 Å². The lowest BCUT2D eigenvalue weighted by molar-refractivity contribution is -0.132. The molecular formula is C15H15FN2O2. The first-order valence-corrected chi connectivity index (χ1v) is 6.16. The maximum atomic E-state index is 13.0. The number of hydrogen-bond donors (Lipinski definition) is 0. The van der Waals surface area contributed by atoms with Gasteiger partial charge in [0, 0.05) is 32.1 Å². The van der Waals surface area contributed by atoms with Crippen LogP contribution in [0.3, 0.4) is 0 Å². The number of aromatic nitrogens is 1. The minimum atomic E-state index is -0.390. The second kappa shape index (κ2) is 6.65. The molecule has 0 fully saturated rings. The van der Waals surface area contributed by atoms with Gasteiger partial charge in [-0.05, 0) is 23.8 Å². The minimum Gasteiger partial charge on any atom is -0.484 e. The number of amides is 1. The van der Waals surface area contributed by atoms with Crippen molar-refractivity contribution in [2.24, 2.45) is 0 Å². The predicted molar refractivity (Wildman–Crippen MR) is 72.6 cm³/mol. The van der Waals surface area contributed by atoms with Crippen molar-refractivity contribution >= 4 is 5.91 Å². The zero-order valence-electron chi connectivity index (χ0n) is 11.1. The summed E-state index contributed by atoms with van der Waals surface area (Å²) in [7, 11) is 1.68. The first-order valence-electron chi connectivity index (χ1n) is 6.16. The van der Waals surface area contributed by atoms with Crippen LogP contribution in [0.4, 0.5) is 4.39 Å². The molecule has 0 N–H and O–H groups in total. The Morgan fingerprint density at radius 2 is 2.20 bits per heavy atom. The molecule has 1 amide bonds. The van der Waals surface area contributed by atoms with Gasteiger partial charge in [-0.15, -0.1) is 0 Å². The van der Waals surface area contributed by atoms with Gasteiger partial charge >= 0.3 is 0 Å². The van der Waals surface area contributed by atoms with Crippen LogP contribution in [-0.2, 0) is 11.3 Å². The number of nitrogens with zero attached hydrogens (tertiary/aromatic N) is 2. The van der Waals surface area contributed by atoms with E-state index in [4.69, 9.17) is 4.74 Å². The van der Waals surface area contributed by atoms with Gasteiger partial charge in [-0.25, -0.2) is 4.39 Å². The van der Waals surface area contributed by atoms with Crippen molar-refractivity contribution in [3.8, 4) is 5.75 Å². The summed E-state index contributed by atoms with van der Waals surface area (Å²) in [5.74, 6) is -0.232. The molecule has 104 valence electrons. The monoisotopic (exact) mass is 274 g/mol. The van der Waals surface area contributed by atoms with Crippen LogP contribution in [0.2, 0.25) is 0 Å². The second-order valence-corrected chi connectivity index (χ2v) is 4.36. The standard InChI is InChI=1S/C15H15FN2O2/c1-18(10-12-4-3-7-17-9-12)15(19)11-20-14-6-2-5-13(16)8-14/h2-9H,10-11H2,1H3. The molecule has 0 radical (unpaired) electrons. The Hall–Kier alpha value is -2.43. The SMILES string of the molecule is CN(Cc1cccnc1)C(=O)COc1cccc(F)c1. The largest absolute Gasteiger partial charge is 0.484 e. The third kappa shape index (κ3) is 4.05. The first kappa shape index (κ1) is 14.0. The highest BCUT2D eigenvalue weighted by atomic mass is 19.1. The highest BCUT2D eigenvalue weighted by Gasteiger charge is 2.10. The molecule has 20 heavy (non-hydrogen) atoms. The molecule has 0 saturated carbocycles. The molecule has 0 unspecified atom stereocenters. The minimum absolute atomic E-state index is 0.125. The molecule has 0 aliphatic rings.